The molecular weight excluding hydrogens is 286 g/mol. The smallest absolute Gasteiger partial charge is 0.227 e. The summed E-state index contributed by atoms with van der Waals surface area (Å²) in [6.45, 7) is 0. The van der Waals surface area contributed by atoms with Gasteiger partial charge in [0.1, 0.15) is 5.75 Å². The Labute approximate surface area is 132 Å². The summed E-state index contributed by atoms with van der Waals surface area (Å²) in [6.07, 6.45) is 7.62. The minimum absolute atomic E-state index is 0.141. The first kappa shape index (κ1) is 16.2. The van der Waals surface area contributed by atoms with Gasteiger partial charge in [-0.05, 0) is 31.0 Å². The van der Waals surface area contributed by atoms with Crippen molar-refractivity contribution >= 4 is 17.5 Å². The highest BCUT2D eigenvalue weighted by atomic mass is 35.5. The Hall–Kier alpha value is -1.22. The van der Waals surface area contributed by atoms with Gasteiger partial charge in [0.25, 0.3) is 0 Å². The molecule has 0 radical (unpaired) electrons. The van der Waals surface area contributed by atoms with Crippen LogP contribution in [0.3, 0.4) is 0 Å². The van der Waals surface area contributed by atoms with Gasteiger partial charge >= 0.3 is 0 Å². The van der Waals surface area contributed by atoms with Crippen molar-refractivity contribution in [1.29, 1.82) is 0 Å². The SMILES string of the molecule is COc1ccc(Cl)cc1CC(=O)N(C)C1CCCCCC1. The average molecular weight is 310 g/mol. The van der Waals surface area contributed by atoms with E-state index >= 15 is 0 Å². The van der Waals surface area contributed by atoms with E-state index in [1.165, 1.54) is 25.7 Å². The number of amides is 1. The number of hydrogen-bond donors (Lipinski definition) is 0. The van der Waals surface area contributed by atoms with Crippen molar-refractivity contribution in [2.45, 2.75) is 51.0 Å². The number of ether oxygens (including phenoxy) is 1. The van der Waals surface area contributed by atoms with Crippen LogP contribution >= 0.6 is 11.6 Å². The Balaban J connectivity index is 2.04. The fraction of sp³-hybridized carbons (Fsp3) is 0.588. The van der Waals surface area contributed by atoms with Gasteiger partial charge in [-0.1, -0.05) is 37.3 Å². The molecule has 1 amide bonds. The molecule has 116 valence electrons. The quantitative estimate of drug-likeness (QED) is 0.785. The fourth-order valence-electron chi connectivity index (χ4n) is 3.02. The molecule has 0 bridgehead atoms. The van der Waals surface area contributed by atoms with Gasteiger partial charge in [-0.15, -0.1) is 0 Å². The second-order valence-corrected chi connectivity index (χ2v) is 6.22. The molecule has 0 N–H and O–H groups in total. The molecule has 0 saturated heterocycles. The lowest BCUT2D eigenvalue weighted by molar-refractivity contribution is -0.131. The van der Waals surface area contributed by atoms with E-state index in [0.29, 0.717) is 17.5 Å². The highest BCUT2D eigenvalue weighted by Gasteiger charge is 2.22. The Morgan fingerprint density at radius 1 is 1.29 bits per heavy atom. The zero-order valence-corrected chi connectivity index (χ0v) is 13.7. The lowest BCUT2D eigenvalue weighted by Crippen LogP contribution is -2.37. The molecule has 1 fully saturated rings. The van der Waals surface area contributed by atoms with Crippen molar-refractivity contribution in [2.24, 2.45) is 0 Å². The van der Waals surface area contributed by atoms with E-state index in [-0.39, 0.29) is 5.91 Å². The van der Waals surface area contributed by atoms with Crippen molar-refractivity contribution in [3.63, 3.8) is 0 Å². The first-order valence-corrected chi connectivity index (χ1v) is 8.07. The van der Waals surface area contributed by atoms with Crippen molar-refractivity contribution in [3.05, 3.63) is 28.8 Å². The summed E-state index contributed by atoms with van der Waals surface area (Å²) >= 11 is 6.03. The molecule has 0 unspecified atom stereocenters. The van der Waals surface area contributed by atoms with Crippen LogP contribution in [0.5, 0.6) is 5.75 Å². The normalized spacial score (nSPS) is 16.3. The van der Waals surface area contributed by atoms with Gasteiger partial charge < -0.3 is 9.64 Å². The standard InChI is InChI=1S/C17H24ClNO2/c1-19(15-7-5-3-4-6-8-15)17(20)12-13-11-14(18)9-10-16(13)21-2/h9-11,15H,3-8,12H2,1-2H3. The Bertz CT molecular complexity index is 482. The summed E-state index contributed by atoms with van der Waals surface area (Å²) in [5, 5.41) is 0.635. The molecule has 0 atom stereocenters. The van der Waals surface area contributed by atoms with Crippen LogP contribution in [0.1, 0.15) is 44.1 Å². The molecule has 2 rings (SSSR count). The van der Waals surface area contributed by atoms with Crippen LogP contribution in [0.15, 0.2) is 18.2 Å². The average Bonchev–Trinajstić information content (AvgIpc) is 2.75. The van der Waals surface area contributed by atoms with Crippen LogP contribution in [0.2, 0.25) is 5.02 Å². The number of carbonyl (C=O) groups excluding carboxylic acids is 1. The van der Waals surface area contributed by atoms with Crippen LogP contribution in [-0.2, 0) is 11.2 Å². The minimum atomic E-state index is 0.141. The molecule has 0 aliphatic heterocycles. The lowest BCUT2D eigenvalue weighted by atomic mass is 10.1. The van der Waals surface area contributed by atoms with Crippen molar-refractivity contribution in [3.8, 4) is 5.75 Å². The largest absolute Gasteiger partial charge is 0.496 e. The van der Waals surface area contributed by atoms with E-state index in [4.69, 9.17) is 16.3 Å². The third kappa shape index (κ3) is 4.37. The molecule has 0 heterocycles. The summed E-state index contributed by atoms with van der Waals surface area (Å²) in [4.78, 5) is 14.5. The Morgan fingerprint density at radius 3 is 2.57 bits per heavy atom. The monoisotopic (exact) mass is 309 g/mol. The number of nitrogens with zero attached hydrogens (tertiary/aromatic N) is 1. The number of carbonyl (C=O) groups is 1. The molecule has 1 aromatic rings. The molecule has 1 saturated carbocycles. The molecular formula is C17H24ClNO2. The molecule has 21 heavy (non-hydrogen) atoms. The van der Waals surface area contributed by atoms with E-state index in [1.807, 2.05) is 24.1 Å². The predicted octanol–water partition coefficient (Wildman–Crippen LogP) is 4.07. The third-order valence-corrected chi connectivity index (χ3v) is 4.59. The van der Waals surface area contributed by atoms with E-state index in [0.717, 1.165) is 24.2 Å². The molecule has 1 aliphatic carbocycles. The maximum atomic E-state index is 12.5. The first-order chi connectivity index (χ1) is 10.1. The van der Waals surface area contributed by atoms with Gasteiger partial charge in [-0.3, -0.25) is 4.79 Å². The zero-order valence-electron chi connectivity index (χ0n) is 12.9. The van der Waals surface area contributed by atoms with Crippen molar-refractivity contribution in [1.82, 2.24) is 4.90 Å². The molecule has 0 spiro atoms. The summed E-state index contributed by atoms with van der Waals surface area (Å²) in [6, 6.07) is 5.80. The van der Waals surface area contributed by atoms with Crippen LogP contribution in [0.25, 0.3) is 0 Å². The highest BCUT2D eigenvalue weighted by molar-refractivity contribution is 6.30. The second-order valence-electron chi connectivity index (χ2n) is 5.78. The molecule has 3 nitrogen and oxygen atoms in total. The van der Waals surface area contributed by atoms with Crippen LogP contribution in [0, 0.1) is 0 Å². The molecule has 1 aliphatic rings. The lowest BCUT2D eigenvalue weighted by Gasteiger charge is -2.27. The number of benzene rings is 1. The molecule has 4 heteroatoms. The van der Waals surface area contributed by atoms with Gasteiger partial charge in [-0.2, -0.15) is 0 Å². The summed E-state index contributed by atoms with van der Waals surface area (Å²) in [7, 11) is 3.54. The van der Waals surface area contributed by atoms with E-state index in [1.54, 1.807) is 13.2 Å². The minimum Gasteiger partial charge on any atom is -0.496 e. The van der Waals surface area contributed by atoms with Gasteiger partial charge in [0.05, 0.1) is 13.5 Å². The predicted molar refractivity (Wildman–Crippen MR) is 86.0 cm³/mol. The van der Waals surface area contributed by atoms with E-state index in [9.17, 15) is 4.79 Å². The number of rotatable bonds is 4. The first-order valence-electron chi connectivity index (χ1n) is 7.70. The Kier molecular flexibility index (Phi) is 5.92. The zero-order chi connectivity index (χ0) is 15.2. The number of likely N-dealkylation sites (N-methyl/N-ethyl adjacent to an activating group) is 1. The van der Waals surface area contributed by atoms with Crippen LogP contribution in [-0.4, -0.2) is 31.0 Å². The number of halogens is 1. The van der Waals surface area contributed by atoms with Gasteiger partial charge in [-0.25, -0.2) is 0 Å². The number of methoxy groups -OCH3 is 1. The summed E-state index contributed by atoms with van der Waals surface area (Å²) in [5.74, 6) is 0.865. The fourth-order valence-corrected chi connectivity index (χ4v) is 3.22. The second kappa shape index (κ2) is 7.69. The molecule has 1 aromatic carbocycles. The number of hydrogen-bond acceptors (Lipinski definition) is 2. The van der Waals surface area contributed by atoms with Gasteiger partial charge in [0.15, 0.2) is 0 Å². The van der Waals surface area contributed by atoms with Crippen LogP contribution in [0.4, 0.5) is 0 Å². The third-order valence-electron chi connectivity index (χ3n) is 4.35. The summed E-state index contributed by atoms with van der Waals surface area (Å²) < 4.78 is 5.32. The molecule has 0 aromatic heterocycles. The highest BCUT2D eigenvalue weighted by Crippen LogP contribution is 2.25. The van der Waals surface area contributed by atoms with Crippen molar-refractivity contribution in [2.75, 3.05) is 14.2 Å². The summed E-state index contributed by atoms with van der Waals surface area (Å²) in [5.41, 5.74) is 0.857. The maximum absolute atomic E-state index is 12.5. The van der Waals surface area contributed by atoms with E-state index in [2.05, 4.69) is 0 Å². The Morgan fingerprint density at radius 2 is 1.95 bits per heavy atom. The van der Waals surface area contributed by atoms with Crippen molar-refractivity contribution < 1.29 is 9.53 Å². The van der Waals surface area contributed by atoms with Gasteiger partial charge in [0, 0.05) is 23.7 Å². The maximum Gasteiger partial charge on any atom is 0.227 e. The van der Waals surface area contributed by atoms with Crippen LogP contribution < -0.4 is 4.74 Å². The van der Waals surface area contributed by atoms with E-state index < -0.39 is 0 Å². The van der Waals surface area contributed by atoms with Gasteiger partial charge in [0.2, 0.25) is 5.91 Å². The topological polar surface area (TPSA) is 29.5 Å².